The van der Waals surface area contributed by atoms with Crippen molar-refractivity contribution in [2.45, 2.75) is 26.1 Å². The fourth-order valence-electron chi connectivity index (χ4n) is 0.609. The third-order valence-corrected chi connectivity index (χ3v) is 2.63. The Balaban J connectivity index is 2.17. The molecule has 11 heavy (non-hydrogen) atoms. The standard InChI is InChI=1S/C6H13O4P/c1-5(3-7)9-11-8-4-6(2)10-11/h5-7H,3-4H2,1-2H3/t5-,6-,11?/m0/s1. The molecule has 1 rings (SSSR count). The molecule has 1 saturated heterocycles. The first-order valence-corrected chi connectivity index (χ1v) is 4.69. The molecule has 1 heterocycles. The lowest BCUT2D eigenvalue weighted by Gasteiger charge is -2.12. The van der Waals surface area contributed by atoms with Gasteiger partial charge in [-0.05, 0) is 13.8 Å². The number of rotatable bonds is 3. The van der Waals surface area contributed by atoms with Crippen molar-refractivity contribution in [3.63, 3.8) is 0 Å². The molecule has 4 nitrogen and oxygen atoms in total. The highest BCUT2D eigenvalue weighted by molar-refractivity contribution is 7.42. The number of hydrogen-bond acceptors (Lipinski definition) is 4. The van der Waals surface area contributed by atoms with Crippen molar-refractivity contribution in [3.05, 3.63) is 0 Å². The minimum atomic E-state index is -1.19. The van der Waals surface area contributed by atoms with E-state index in [9.17, 15) is 0 Å². The minimum absolute atomic E-state index is 0.0000652. The molecule has 5 heteroatoms. The third-order valence-electron chi connectivity index (χ3n) is 1.20. The van der Waals surface area contributed by atoms with Crippen LogP contribution in [-0.2, 0) is 13.6 Å². The quantitative estimate of drug-likeness (QED) is 0.659. The van der Waals surface area contributed by atoms with Crippen LogP contribution in [0.5, 0.6) is 0 Å². The molecule has 0 aliphatic carbocycles. The van der Waals surface area contributed by atoms with Gasteiger partial charge in [-0.25, -0.2) is 0 Å². The van der Waals surface area contributed by atoms with Gasteiger partial charge in [-0.3, -0.25) is 0 Å². The highest BCUT2D eigenvalue weighted by Crippen LogP contribution is 2.46. The summed E-state index contributed by atoms with van der Waals surface area (Å²) in [6.45, 7) is 4.29. The van der Waals surface area contributed by atoms with Crippen molar-refractivity contribution in [1.29, 1.82) is 0 Å². The smallest absolute Gasteiger partial charge is 0.333 e. The van der Waals surface area contributed by atoms with Crippen LogP contribution >= 0.6 is 8.60 Å². The van der Waals surface area contributed by atoms with Gasteiger partial charge >= 0.3 is 8.60 Å². The van der Waals surface area contributed by atoms with Gasteiger partial charge in [0.15, 0.2) is 0 Å². The van der Waals surface area contributed by atoms with E-state index in [0.29, 0.717) is 6.61 Å². The largest absolute Gasteiger partial charge is 0.394 e. The predicted octanol–water partition coefficient (Wildman–Crippen LogP) is 1.05. The highest BCUT2D eigenvalue weighted by atomic mass is 31.2. The molecule has 0 aromatic rings. The monoisotopic (exact) mass is 180 g/mol. The van der Waals surface area contributed by atoms with E-state index in [1.807, 2.05) is 6.92 Å². The van der Waals surface area contributed by atoms with Crippen LogP contribution in [0.25, 0.3) is 0 Å². The SMILES string of the molecule is C[C@@H](CO)OP1OC[C@H](C)O1. The molecular formula is C6H13O4P. The maximum Gasteiger partial charge on any atom is 0.333 e. The first kappa shape index (κ1) is 9.36. The molecule has 0 aromatic heterocycles. The Labute approximate surface area is 67.5 Å². The van der Waals surface area contributed by atoms with E-state index in [2.05, 4.69) is 0 Å². The van der Waals surface area contributed by atoms with E-state index < -0.39 is 8.60 Å². The average Bonchev–Trinajstić information content (AvgIpc) is 2.35. The first-order valence-electron chi connectivity index (χ1n) is 3.60. The van der Waals surface area contributed by atoms with Gasteiger partial charge in [-0.15, -0.1) is 0 Å². The Bertz CT molecular complexity index is 121. The highest BCUT2D eigenvalue weighted by Gasteiger charge is 2.26. The molecule has 3 atom stereocenters. The summed E-state index contributed by atoms with van der Waals surface area (Å²) >= 11 is 0. The van der Waals surface area contributed by atoms with Crippen LogP contribution in [-0.4, -0.2) is 30.5 Å². The van der Waals surface area contributed by atoms with Gasteiger partial charge in [0.05, 0.1) is 25.4 Å². The number of hydrogen-bond donors (Lipinski definition) is 1. The van der Waals surface area contributed by atoms with E-state index in [1.54, 1.807) is 6.92 Å². The Morgan fingerprint density at radius 3 is 3.00 bits per heavy atom. The summed E-state index contributed by atoms with van der Waals surface area (Å²) in [5.41, 5.74) is 0. The van der Waals surface area contributed by atoms with Crippen molar-refractivity contribution in [2.75, 3.05) is 13.2 Å². The van der Waals surface area contributed by atoms with Crippen LogP contribution in [0.1, 0.15) is 13.8 Å². The molecule has 66 valence electrons. The van der Waals surface area contributed by atoms with Crippen LogP contribution in [0, 0.1) is 0 Å². The lowest BCUT2D eigenvalue weighted by molar-refractivity contribution is 0.110. The average molecular weight is 180 g/mol. The maximum atomic E-state index is 8.64. The molecule has 1 fully saturated rings. The second-order valence-corrected chi connectivity index (χ2v) is 3.66. The van der Waals surface area contributed by atoms with E-state index in [1.165, 1.54) is 0 Å². The van der Waals surface area contributed by atoms with Crippen LogP contribution in [0.15, 0.2) is 0 Å². The summed E-state index contributed by atoms with van der Waals surface area (Å²) in [6, 6.07) is 0. The zero-order valence-electron chi connectivity index (χ0n) is 6.69. The molecule has 1 N–H and O–H groups in total. The summed E-state index contributed by atoms with van der Waals surface area (Å²) in [6.07, 6.45) is -0.0848. The van der Waals surface area contributed by atoms with Crippen molar-refractivity contribution < 1.29 is 18.7 Å². The fraction of sp³-hybridized carbons (Fsp3) is 1.00. The Morgan fingerprint density at radius 2 is 2.55 bits per heavy atom. The summed E-state index contributed by atoms with van der Waals surface area (Å²) in [5.74, 6) is 0. The molecule has 1 aliphatic rings. The van der Waals surface area contributed by atoms with Gasteiger partial charge in [0, 0.05) is 0 Å². The van der Waals surface area contributed by atoms with Crippen molar-refractivity contribution in [1.82, 2.24) is 0 Å². The Morgan fingerprint density at radius 1 is 1.82 bits per heavy atom. The fourth-order valence-corrected chi connectivity index (χ4v) is 1.83. The molecule has 1 unspecified atom stereocenters. The summed E-state index contributed by atoms with van der Waals surface area (Å²) in [5, 5.41) is 8.64. The molecule has 1 aliphatic heterocycles. The van der Waals surface area contributed by atoms with Gasteiger partial charge in [0.1, 0.15) is 0 Å². The summed E-state index contributed by atoms with van der Waals surface area (Å²) < 4.78 is 15.6. The molecule has 0 aromatic carbocycles. The van der Waals surface area contributed by atoms with Gasteiger partial charge in [0.25, 0.3) is 0 Å². The van der Waals surface area contributed by atoms with Crippen LogP contribution < -0.4 is 0 Å². The lowest BCUT2D eigenvalue weighted by atomic mass is 10.5. The van der Waals surface area contributed by atoms with E-state index in [-0.39, 0.29) is 18.8 Å². The van der Waals surface area contributed by atoms with Gasteiger partial charge in [-0.1, -0.05) is 0 Å². The molecular weight excluding hydrogens is 167 g/mol. The maximum absolute atomic E-state index is 8.64. The van der Waals surface area contributed by atoms with Crippen molar-refractivity contribution in [2.24, 2.45) is 0 Å². The summed E-state index contributed by atoms with van der Waals surface area (Å²) in [4.78, 5) is 0. The number of aliphatic hydroxyl groups is 1. The van der Waals surface area contributed by atoms with Crippen LogP contribution in [0.4, 0.5) is 0 Å². The first-order chi connectivity index (χ1) is 5.22. The van der Waals surface area contributed by atoms with Crippen molar-refractivity contribution in [3.8, 4) is 0 Å². The lowest BCUT2D eigenvalue weighted by Crippen LogP contribution is -2.09. The second kappa shape index (κ2) is 4.33. The minimum Gasteiger partial charge on any atom is -0.394 e. The molecule has 0 spiro atoms. The van der Waals surface area contributed by atoms with Gasteiger partial charge < -0.3 is 18.7 Å². The van der Waals surface area contributed by atoms with Gasteiger partial charge in [0.2, 0.25) is 0 Å². The molecule has 0 radical (unpaired) electrons. The van der Waals surface area contributed by atoms with Crippen molar-refractivity contribution >= 4 is 8.60 Å². The Hall–Kier alpha value is 0.270. The molecule has 0 saturated carbocycles. The second-order valence-electron chi connectivity index (χ2n) is 2.53. The Kier molecular flexibility index (Phi) is 3.69. The molecule has 0 amide bonds. The zero-order chi connectivity index (χ0) is 8.27. The topological polar surface area (TPSA) is 47.9 Å². The zero-order valence-corrected chi connectivity index (χ0v) is 7.58. The van der Waals surface area contributed by atoms with Crippen LogP contribution in [0.2, 0.25) is 0 Å². The van der Waals surface area contributed by atoms with E-state index >= 15 is 0 Å². The van der Waals surface area contributed by atoms with Gasteiger partial charge in [-0.2, -0.15) is 0 Å². The summed E-state index contributed by atoms with van der Waals surface area (Å²) in [7, 11) is -1.19. The normalized spacial score (nSPS) is 34.1. The predicted molar refractivity (Wildman–Crippen MR) is 41.1 cm³/mol. The molecule has 0 bridgehead atoms. The third kappa shape index (κ3) is 3.01. The number of aliphatic hydroxyl groups excluding tert-OH is 1. The van der Waals surface area contributed by atoms with E-state index in [4.69, 9.17) is 18.7 Å². The van der Waals surface area contributed by atoms with E-state index in [0.717, 1.165) is 0 Å². The van der Waals surface area contributed by atoms with Crippen LogP contribution in [0.3, 0.4) is 0 Å².